The lowest BCUT2D eigenvalue weighted by Gasteiger charge is -2.23. The summed E-state index contributed by atoms with van der Waals surface area (Å²) in [6.07, 6.45) is 1.72. The molecule has 0 saturated carbocycles. The molecule has 2 rings (SSSR count). The number of carbonyl (C=O) groups excluding carboxylic acids is 1. The second-order valence-electron chi connectivity index (χ2n) is 5.72. The van der Waals surface area contributed by atoms with Crippen molar-refractivity contribution in [3.8, 4) is 0 Å². The number of carboxylic acid groups (broad SMARTS) is 1. The fraction of sp³-hybridized carbons (Fsp3) is 0.368. The molecule has 25 heavy (non-hydrogen) atoms. The first-order valence-corrected chi connectivity index (χ1v) is 10.1. The zero-order valence-corrected chi connectivity index (χ0v) is 16.1. The van der Waals surface area contributed by atoms with Gasteiger partial charge in [-0.15, -0.1) is 23.1 Å². The van der Waals surface area contributed by atoms with E-state index in [1.54, 1.807) is 24.3 Å². The molecule has 1 aromatic heterocycles. The second-order valence-corrected chi connectivity index (χ2v) is 8.13. The molecule has 6 heteroatoms. The standard InChI is InChI=1S/C19H23NO3S2/c1-3-11-20(12-10-15-7-6-13-24-15)18(21)16-8-4-5-9-17(16)25-14(2)19(22)23/h4-9,13-14H,3,10-12H2,1-2H3,(H,22,23). The van der Waals surface area contributed by atoms with E-state index in [0.717, 1.165) is 17.7 Å². The minimum Gasteiger partial charge on any atom is -0.480 e. The number of carboxylic acids is 1. The molecule has 0 bridgehead atoms. The number of thioether (sulfide) groups is 1. The van der Waals surface area contributed by atoms with Gasteiger partial charge in [-0.25, -0.2) is 0 Å². The number of hydrogen-bond acceptors (Lipinski definition) is 4. The Balaban J connectivity index is 2.16. The van der Waals surface area contributed by atoms with E-state index in [0.29, 0.717) is 18.7 Å². The molecule has 1 unspecified atom stereocenters. The van der Waals surface area contributed by atoms with Crippen LogP contribution in [0, 0.1) is 0 Å². The zero-order valence-electron chi connectivity index (χ0n) is 14.5. The highest BCUT2D eigenvalue weighted by atomic mass is 32.2. The van der Waals surface area contributed by atoms with Gasteiger partial charge in [0.1, 0.15) is 5.25 Å². The molecule has 0 saturated heterocycles. The van der Waals surface area contributed by atoms with E-state index in [2.05, 4.69) is 13.0 Å². The topological polar surface area (TPSA) is 57.6 Å². The van der Waals surface area contributed by atoms with Crippen LogP contribution in [-0.2, 0) is 11.2 Å². The highest BCUT2D eigenvalue weighted by Gasteiger charge is 2.21. The van der Waals surface area contributed by atoms with E-state index in [4.69, 9.17) is 5.11 Å². The first-order chi connectivity index (χ1) is 12.0. The van der Waals surface area contributed by atoms with Crippen LogP contribution in [0.25, 0.3) is 0 Å². The molecule has 0 radical (unpaired) electrons. The highest BCUT2D eigenvalue weighted by molar-refractivity contribution is 8.00. The fourth-order valence-electron chi connectivity index (χ4n) is 2.44. The minimum atomic E-state index is -0.879. The van der Waals surface area contributed by atoms with E-state index in [-0.39, 0.29) is 5.91 Å². The van der Waals surface area contributed by atoms with Gasteiger partial charge in [0, 0.05) is 22.9 Å². The predicted molar refractivity (Wildman–Crippen MR) is 104 cm³/mol. The predicted octanol–water partition coefficient (Wildman–Crippen LogP) is 4.41. The summed E-state index contributed by atoms with van der Waals surface area (Å²) >= 11 is 2.91. The van der Waals surface area contributed by atoms with Crippen molar-refractivity contribution in [2.45, 2.75) is 36.8 Å². The number of hydrogen-bond donors (Lipinski definition) is 1. The van der Waals surface area contributed by atoms with E-state index in [1.807, 2.05) is 34.5 Å². The number of rotatable bonds is 9. The molecule has 0 aliphatic carbocycles. The molecule has 1 aromatic carbocycles. The van der Waals surface area contributed by atoms with E-state index in [9.17, 15) is 9.59 Å². The van der Waals surface area contributed by atoms with Crippen molar-refractivity contribution < 1.29 is 14.7 Å². The molecule has 1 heterocycles. The summed E-state index contributed by atoms with van der Waals surface area (Å²) in [5.41, 5.74) is 0.584. The van der Waals surface area contributed by atoms with Gasteiger partial charge in [0.15, 0.2) is 0 Å². The Morgan fingerprint density at radius 3 is 2.60 bits per heavy atom. The summed E-state index contributed by atoms with van der Waals surface area (Å²) in [5, 5.41) is 10.6. The van der Waals surface area contributed by atoms with Gasteiger partial charge in [-0.1, -0.05) is 25.1 Å². The molecule has 0 fully saturated rings. The van der Waals surface area contributed by atoms with Crippen LogP contribution < -0.4 is 0 Å². The van der Waals surface area contributed by atoms with Crippen LogP contribution in [0.3, 0.4) is 0 Å². The lowest BCUT2D eigenvalue weighted by molar-refractivity contribution is -0.136. The van der Waals surface area contributed by atoms with Crippen LogP contribution in [-0.4, -0.2) is 40.2 Å². The summed E-state index contributed by atoms with van der Waals surface area (Å²) in [6.45, 7) is 5.05. The molecule has 4 nitrogen and oxygen atoms in total. The molecule has 0 spiro atoms. The van der Waals surface area contributed by atoms with E-state index >= 15 is 0 Å². The number of nitrogens with zero attached hydrogens (tertiary/aromatic N) is 1. The van der Waals surface area contributed by atoms with Crippen molar-refractivity contribution in [2.24, 2.45) is 0 Å². The molecule has 1 amide bonds. The zero-order chi connectivity index (χ0) is 18.2. The normalized spacial score (nSPS) is 11.9. The van der Waals surface area contributed by atoms with Crippen molar-refractivity contribution in [3.05, 3.63) is 52.2 Å². The molecular weight excluding hydrogens is 354 g/mol. The maximum atomic E-state index is 13.0. The first-order valence-electron chi connectivity index (χ1n) is 8.33. The summed E-state index contributed by atoms with van der Waals surface area (Å²) in [7, 11) is 0. The van der Waals surface area contributed by atoms with Gasteiger partial charge in [-0.05, 0) is 43.3 Å². The highest BCUT2D eigenvalue weighted by Crippen LogP contribution is 2.28. The van der Waals surface area contributed by atoms with Crippen LogP contribution in [0.5, 0.6) is 0 Å². The van der Waals surface area contributed by atoms with Gasteiger partial charge in [-0.3, -0.25) is 9.59 Å². The number of amides is 1. The average Bonchev–Trinajstić information content (AvgIpc) is 3.12. The first kappa shape index (κ1) is 19.5. The summed E-state index contributed by atoms with van der Waals surface area (Å²) < 4.78 is 0. The summed E-state index contributed by atoms with van der Waals surface area (Å²) in [6, 6.07) is 11.4. The molecule has 2 aromatic rings. The Hall–Kier alpha value is -1.79. The third-order valence-corrected chi connectivity index (χ3v) is 5.86. The largest absolute Gasteiger partial charge is 0.480 e. The number of thiophene rings is 1. The van der Waals surface area contributed by atoms with Crippen molar-refractivity contribution in [3.63, 3.8) is 0 Å². The number of benzene rings is 1. The van der Waals surface area contributed by atoms with E-state index < -0.39 is 11.2 Å². The van der Waals surface area contributed by atoms with Crippen molar-refractivity contribution >= 4 is 35.0 Å². The van der Waals surface area contributed by atoms with Crippen LogP contribution in [0.2, 0.25) is 0 Å². The lowest BCUT2D eigenvalue weighted by Crippen LogP contribution is -2.34. The maximum absolute atomic E-state index is 13.0. The van der Waals surface area contributed by atoms with Gasteiger partial charge < -0.3 is 10.0 Å². The fourth-order valence-corrected chi connectivity index (χ4v) is 4.06. The number of carbonyl (C=O) groups is 2. The van der Waals surface area contributed by atoms with Crippen LogP contribution in [0.1, 0.15) is 35.5 Å². The lowest BCUT2D eigenvalue weighted by atomic mass is 10.2. The maximum Gasteiger partial charge on any atom is 0.316 e. The van der Waals surface area contributed by atoms with Crippen molar-refractivity contribution in [2.75, 3.05) is 13.1 Å². The third kappa shape index (κ3) is 5.61. The Morgan fingerprint density at radius 2 is 1.96 bits per heavy atom. The van der Waals surface area contributed by atoms with Crippen LogP contribution in [0.15, 0.2) is 46.7 Å². The van der Waals surface area contributed by atoms with E-state index in [1.165, 1.54) is 16.6 Å². The Kier molecular flexibility index (Phi) is 7.52. The molecule has 1 atom stereocenters. The Labute approximate surface area is 156 Å². The van der Waals surface area contributed by atoms with Crippen LogP contribution >= 0.6 is 23.1 Å². The SMILES string of the molecule is CCCN(CCc1cccs1)C(=O)c1ccccc1SC(C)C(=O)O. The summed E-state index contributed by atoms with van der Waals surface area (Å²) in [4.78, 5) is 28.0. The Morgan fingerprint density at radius 1 is 1.20 bits per heavy atom. The molecule has 0 aliphatic heterocycles. The molecule has 134 valence electrons. The summed E-state index contributed by atoms with van der Waals surface area (Å²) in [5.74, 6) is -0.908. The van der Waals surface area contributed by atoms with Gasteiger partial charge in [0.2, 0.25) is 0 Å². The Bertz CT molecular complexity index is 700. The van der Waals surface area contributed by atoms with Crippen LogP contribution in [0.4, 0.5) is 0 Å². The van der Waals surface area contributed by atoms with Gasteiger partial charge in [0.25, 0.3) is 5.91 Å². The quantitative estimate of drug-likeness (QED) is 0.658. The smallest absolute Gasteiger partial charge is 0.316 e. The van der Waals surface area contributed by atoms with Crippen molar-refractivity contribution in [1.29, 1.82) is 0 Å². The monoisotopic (exact) mass is 377 g/mol. The van der Waals surface area contributed by atoms with Gasteiger partial charge in [-0.2, -0.15) is 0 Å². The second kappa shape index (κ2) is 9.63. The molecular formula is C19H23NO3S2. The molecule has 1 N–H and O–H groups in total. The van der Waals surface area contributed by atoms with Gasteiger partial charge in [0.05, 0.1) is 5.56 Å². The number of aliphatic carboxylic acids is 1. The minimum absolute atomic E-state index is 0.0286. The molecule has 0 aliphatic rings. The van der Waals surface area contributed by atoms with Crippen molar-refractivity contribution in [1.82, 2.24) is 4.90 Å². The third-order valence-electron chi connectivity index (χ3n) is 3.76. The van der Waals surface area contributed by atoms with Gasteiger partial charge >= 0.3 is 5.97 Å². The average molecular weight is 378 g/mol.